The number of nitrogens with two attached hydrogens (primary N) is 1. The first kappa shape index (κ1) is 12.7. The predicted octanol–water partition coefficient (Wildman–Crippen LogP) is 2.01. The van der Waals surface area contributed by atoms with Crippen molar-refractivity contribution in [2.45, 2.75) is 45.2 Å². The van der Waals surface area contributed by atoms with E-state index in [9.17, 15) is 0 Å². The molecule has 0 aromatic carbocycles. The first-order chi connectivity index (χ1) is 5.82. The highest BCUT2D eigenvalue weighted by molar-refractivity contribution is 5.02. The van der Waals surface area contributed by atoms with Gasteiger partial charge in [-0.05, 0) is 40.8 Å². The molecule has 0 spiro atoms. The third-order valence-corrected chi connectivity index (χ3v) is 3.07. The van der Waals surface area contributed by atoms with Crippen LogP contribution in [0, 0.1) is 0 Å². The van der Waals surface area contributed by atoms with Crippen LogP contribution in [-0.4, -0.2) is 30.6 Å². The molecule has 13 heavy (non-hydrogen) atoms. The zero-order chi connectivity index (χ0) is 10.6. The van der Waals surface area contributed by atoms with E-state index in [0.29, 0.717) is 0 Å². The zero-order valence-corrected chi connectivity index (χ0v) is 9.72. The molecule has 2 N–H and O–H groups in total. The maximum absolute atomic E-state index is 6.13. The van der Waals surface area contributed by atoms with Gasteiger partial charge in [-0.15, -0.1) is 0 Å². The summed E-state index contributed by atoms with van der Waals surface area (Å²) in [6, 6.07) is 0.162. The summed E-state index contributed by atoms with van der Waals surface area (Å²) in [4.78, 5) is 2.17. The molecule has 2 nitrogen and oxygen atoms in total. The van der Waals surface area contributed by atoms with Crippen molar-refractivity contribution in [1.29, 1.82) is 0 Å². The van der Waals surface area contributed by atoms with Crippen molar-refractivity contribution in [3.8, 4) is 0 Å². The molecule has 0 aromatic rings. The van der Waals surface area contributed by atoms with Crippen LogP contribution in [0.2, 0.25) is 0 Å². The summed E-state index contributed by atoms with van der Waals surface area (Å²) in [5.41, 5.74) is 7.40. The van der Waals surface area contributed by atoms with E-state index >= 15 is 0 Å². The lowest BCUT2D eigenvalue weighted by Gasteiger charge is -2.38. The van der Waals surface area contributed by atoms with Gasteiger partial charge in [0.25, 0.3) is 0 Å². The molecule has 0 aliphatic rings. The molecule has 0 aliphatic carbocycles. The SMILES string of the molecule is C=C(CC)CC(N)C(C)(C)N(C)C. The molecule has 2 heteroatoms. The summed E-state index contributed by atoms with van der Waals surface area (Å²) < 4.78 is 0. The Kier molecular flexibility index (Phi) is 4.65. The van der Waals surface area contributed by atoms with Gasteiger partial charge in [0.1, 0.15) is 0 Å². The van der Waals surface area contributed by atoms with E-state index in [4.69, 9.17) is 5.73 Å². The van der Waals surface area contributed by atoms with Gasteiger partial charge in [-0.1, -0.05) is 19.1 Å². The van der Waals surface area contributed by atoms with Gasteiger partial charge >= 0.3 is 0 Å². The van der Waals surface area contributed by atoms with Gasteiger partial charge in [0.2, 0.25) is 0 Å². The Morgan fingerprint density at radius 3 is 2.23 bits per heavy atom. The lowest BCUT2D eigenvalue weighted by Crippen LogP contribution is -2.53. The van der Waals surface area contributed by atoms with E-state index in [-0.39, 0.29) is 11.6 Å². The molecule has 78 valence electrons. The van der Waals surface area contributed by atoms with Crippen molar-refractivity contribution in [2.24, 2.45) is 5.73 Å². The minimum absolute atomic E-state index is 0.0398. The second-order valence-corrected chi connectivity index (χ2v) is 4.46. The molecule has 0 aromatic heterocycles. The molecular weight excluding hydrogens is 160 g/mol. The molecule has 0 amide bonds. The van der Waals surface area contributed by atoms with Crippen molar-refractivity contribution in [3.63, 3.8) is 0 Å². The van der Waals surface area contributed by atoms with Crippen molar-refractivity contribution in [3.05, 3.63) is 12.2 Å². The average molecular weight is 184 g/mol. The first-order valence-corrected chi connectivity index (χ1v) is 4.92. The third kappa shape index (κ3) is 3.49. The van der Waals surface area contributed by atoms with Crippen LogP contribution in [0.3, 0.4) is 0 Å². The normalized spacial score (nSPS) is 14.7. The standard InChI is InChI=1S/C11H24N2/c1-7-9(2)8-10(12)11(3,4)13(5)6/h10H,2,7-8,12H2,1,3-6H3. The monoisotopic (exact) mass is 184 g/mol. The highest BCUT2D eigenvalue weighted by atomic mass is 15.2. The van der Waals surface area contributed by atoms with Crippen LogP contribution in [0.4, 0.5) is 0 Å². The molecule has 0 saturated heterocycles. The summed E-state index contributed by atoms with van der Waals surface area (Å²) in [5, 5.41) is 0. The highest BCUT2D eigenvalue weighted by Gasteiger charge is 2.28. The van der Waals surface area contributed by atoms with Crippen LogP contribution in [0.25, 0.3) is 0 Å². The Balaban J connectivity index is 4.24. The minimum atomic E-state index is 0.0398. The Hall–Kier alpha value is -0.340. The molecule has 1 atom stereocenters. The summed E-state index contributed by atoms with van der Waals surface area (Å²) in [6.07, 6.45) is 1.94. The maximum atomic E-state index is 6.13. The van der Waals surface area contributed by atoms with Crippen molar-refractivity contribution in [1.82, 2.24) is 4.90 Å². The molecule has 0 bridgehead atoms. The maximum Gasteiger partial charge on any atom is 0.0301 e. The number of rotatable bonds is 5. The lowest BCUT2D eigenvalue weighted by atomic mass is 9.88. The fourth-order valence-electron chi connectivity index (χ4n) is 1.04. The van der Waals surface area contributed by atoms with E-state index < -0.39 is 0 Å². The van der Waals surface area contributed by atoms with Gasteiger partial charge < -0.3 is 10.6 Å². The summed E-state index contributed by atoms with van der Waals surface area (Å²) in [5.74, 6) is 0. The van der Waals surface area contributed by atoms with Crippen LogP contribution in [0.5, 0.6) is 0 Å². The van der Waals surface area contributed by atoms with Gasteiger partial charge in [0, 0.05) is 11.6 Å². The van der Waals surface area contributed by atoms with Gasteiger partial charge in [0.15, 0.2) is 0 Å². The Bertz CT molecular complexity index is 171. The first-order valence-electron chi connectivity index (χ1n) is 4.92. The summed E-state index contributed by atoms with van der Waals surface area (Å²) in [7, 11) is 4.13. The van der Waals surface area contributed by atoms with Crippen LogP contribution < -0.4 is 5.73 Å². The van der Waals surface area contributed by atoms with Gasteiger partial charge in [0.05, 0.1) is 0 Å². The summed E-state index contributed by atoms with van der Waals surface area (Å²) >= 11 is 0. The molecule has 0 fully saturated rings. The quantitative estimate of drug-likeness (QED) is 0.662. The Morgan fingerprint density at radius 1 is 1.46 bits per heavy atom. The van der Waals surface area contributed by atoms with Crippen molar-refractivity contribution < 1.29 is 0 Å². The molecule has 0 heterocycles. The van der Waals surface area contributed by atoms with Crippen molar-refractivity contribution in [2.75, 3.05) is 14.1 Å². The topological polar surface area (TPSA) is 29.3 Å². The third-order valence-electron chi connectivity index (χ3n) is 3.07. The Labute approximate surface area is 82.8 Å². The molecule has 0 rings (SSSR count). The number of likely N-dealkylation sites (N-methyl/N-ethyl adjacent to an activating group) is 1. The minimum Gasteiger partial charge on any atom is -0.326 e. The fraction of sp³-hybridized carbons (Fsp3) is 0.818. The van der Waals surface area contributed by atoms with Crippen LogP contribution in [0.1, 0.15) is 33.6 Å². The van der Waals surface area contributed by atoms with Crippen LogP contribution in [0.15, 0.2) is 12.2 Å². The van der Waals surface area contributed by atoms with Gasteiger partial charge in [-0.25, -0.2) is 0 Å². The Morgan fingerprint density at radius 2 is 1.92 bits per heavy atom. The van der Waals surface area contributed by atoms with Crippen molar-refractivity contribution >= 4 is 0 Å². The second kappa shape index (κ2) is 4.77. The van der Waals surface area contributed by atoms with E-state index in [2.05, 4.69) is 46.3 Å². The fourth-order valence-corrected chi connectivity index (χ4v) is 1.04. The summed E-state index contributed by atoms with van der Waals surface area (Å²) in [6.45, 7) is 10.4. The smallest absolute Gasteiger partial charge is 0.0301 e. The highest BCUT2D eigenvalue weighted by Crippen LogP contribution is 2.19. The number of hydrogen-bond acceptors (Lipinski definition) is 2. The lowest BCUT2D eigenvalue weighted by molar-refractivity contribution is 0.157. The predicted molar refractivity (Wildman–Crippen MR) is 59.8 cm³/mol. The molecular formula is C11H24N2. The second-order valence-electron chi connectivity index (χ2n) is 4.46. The largest absolute Gasteiger partial charge is 0.326 e. The zero-order valence-electron chi connectivity index (χ0n) is 9.72. The number of nitrogens with zero attached hydrogens (tertiary/aromatic N) is 1. The molecule has 0 radical (unpaired) electrons. The van der Waals surface area contributed by atoms with E-state index in [1.165, 1.54) is 5.57 Å². The van der Waals surface area contributed by atoms with Crippen LogP contribution in [-0.2, 0) is 0 Å². The van der Waals surface area contributed by atoms with Gasteiger partial charge in [-0.3, -0.25) is 0 Å². The van der Waals surface area contributed by atoms with Gasteiger partial charge in [-0.2, -0.15) is 0 Å². The molecule has 0 aliphatic heterocycles. The molecule has 1 unspecified atom stereocenters. The number of hydrogen-bond donors (Lipinski definition) is 1. The van der Waals surface area contributed by atoms with E-state index in [0.717, 1.165) is 12.8 Å². The average Bonchev–Trinajstić information content (AvgIpc) is 2.03. The van der Waals surface area contributed by atoms with E-state index in [1.807, 2.05) is 0 Å². The molecule has 0 saturated carbocycles. The van der Waals surface area contributed by atoms with Crippen LogP contribution >= 0.6 is 0 Å². The van der Waals surface area contributed by atoms with E-state index in [1.54, 1.807) is 0 Å².